The van der Waals surface area contributed by atoms with Crippen molar-refractivity contribution in [2.45, 2.75) is 0 Å². The summed E-state index contributed by atoms with van der Waals surface area (Å²) >= 11 is 11.3. The third-order valence-corrected chi connectivity index (χ3v) is 3.34. The second-order valence-corrected chi connectivity index (χ2v) is 5.10. The van der Waals surface area contributed by atoms with Crippen LogP contribution in [-0.4, -0.2) is 10.8 Å². The van der Waals surface area contributed by atoms with Crippen LogP contribution in [0.3, 0.4) is 0 Å². The number of nitrogens with zero attached hydrogens (tertiary/aromatic N) is 1. The molecular weight excluding hydrogens is 373 g/mol. The predicted octanol–water partition coefficient (Wildman–Crippen LogP) is 4.34. The molecule has 1 aromatic heterocycles. The van der Waals surface area contributed by atoms with Crippen LogP contribution < -0.4 is 11.1 Å². The summed E-state index contributed by atoms with van der Waals surface area (Å²) in [6.45, 7) is 0. The van der Waals surface area contributed by atoms with E-state index in [9.17, 15) is 22.4 Å². The Hall–Kier alpha value is -2.32. The second kappa shape index (κ2) is 7.06. The van der Waals surface area contributed by atoms with Gasteiger partial charge in [-0.25, -0.2) is 22.5 Å². The SMILES string of the molecule is Nc1c(F)c(F)c(F)c(NC=CC(=O)c2ccc(Cl)nc2Cl)c1F. The van der Waals surface area contributed by atoms with Crippen molar-refractivity contribution in [2.75, 3.05) is 11.1 Å². The number of hydrogen-bond acceptors (Lipinski definition) is 4. The van der Waals surface area contributed by atoms with Crippen LogP contribution in [0.1, 0.15) is 10.4 Å². The van der Waals surface area contributed by atoms with E-state index in [0.29, 0.717) is 0 Å². The summed E-state index contributed by atoms with van der Waals surface area (Å²) in [5, 5.41) is 1.89. The molecular formula is C14H7Cl2F4N3O. The normalized spacial score (nSPS) is 11.1. The Bertz CT molecular complexity index is 829. The van der Waals surface area contributed by atoms with Gasteiger partial charge in [-0.15, -0.1) is 0 Å². The third kappa shape index (κ3) is 3.44. The van der Waals surface area contributed by atoms with Gasteiger partial charge in [0, 0.05) is 12.3 Å². The molecule has 24 heavy (non-hydrogen) atoms. The lowest BCUT2D eigenvalue weighted by molar-refractivity contribution is 0.104. The topological polar surface area (TPSA) is 68.0 Å². The van der Waals surface area contributed by atoms with E-state index in [0.717, 1.165) is 12.3 Å². The van der Waals surface area contributed by atoms with Crippen LogP contribution in [0, 0.1) is 23.3 Å². The number of nitrogens with one attached hydrogen (secondary N) is 1. The summed E-state index contributed by atoms with van der Waals surface area (Å²) < 4.78 is 53.5. The lowest BCUT2D eigenvalue weighted by Crippen LogP contribution is -2.07. The summed E-state index contributed by atoms with van der Waals surface area (Å²) in [6.07, 6.45) is 1.67. The minimum absolute atomic E-state index is 0.0233. The molecule has 0 fully saturated rings. The van der Waals surface area contributed by atoms with E-state index in [1.807, 2.05) is 5.32 Å². The Morgan fingerprint density at radius 1 is 1.08 bits per heavy atom. The van der Waals surface area contributed by atoms with Gasteiger partial charge in [-0.1, -0.05) is 23.2 Å². The number of nitrogen functional groups attached to an aromatic ring is 1. The first kappa shape index (κ1) is 18.0. The van der Waals surface area contributed by atoms with Gasteiger partial charge in [-0.3, -0.25) is 4.79 Å². The number of anilines is 2. The number of carbonyl (C=O) groups excluding carboxylic acids is 1. The number of ketones is 1. The number of halogens is 6. The molecule has 0 unspecified atom stereocenters. The fourth-order valence-corrected chi connectivity index (χ4v) is 2.10. The van der Waals surface area contributed by atoms with E-state index in [1.54, 1.807) is 0 Å². The van der Waals surface area contributed by atoms with Gasteiger partial charge in [0.05, 0.1) is 5.56 Å². The van der Waals surface area contributed by atoms with Crippen molar-refractivity contribution in [2.24, 2.45) is 0 Å². The fourth-order valence-electron chi connectivity index (χ4n) is 1.66. The van der Waals surface area contributed by atoms with Gasteiger partial charge in [-0.05, 0) is 12.1 Å². The minimum atomic E-state index is -1.94. The maximum atomic E-state index is 13.7. The Morgan fingerprint density at radius 2 is 1.75 bits per heavy atom. The zero-order valence-corrected chi connectivity index (χ0v) is 13.0. The van der Waals surface area contributed by atoms with E-state index in [1.165, 1.54) is 12.1 Å². The standard InChI is InChI=1S/C14H7Cl2F4N3O/c15-7-2-1-5(14(16)23-7)6(24)3-4-22-13-10(19)8(17)9(18)12(21)11(13)20/h1-4,22H,21H2. The molecule has 10 heteroatoms. The molecule has 2 rings (SSSR count). The molecule has 2 aromatic rings. The first-order valence-corrected chi connectivity index (χ1v) is 6.90. The summed E-state index contributed by atoms with van der Waals surface area (Å²) in [5.41, 5.74) is 2.72. The summed E-state index contributed by atoms with van der Waals surface area (Å²) in [4.78, 5) is 15.5. The maximum absolute atomic E-state index is 13.7. The van der Waals surface area contributed by atoms with Crippen molar-refractivity contribution < 1.29 is 22.4 Å². The fraction of sp³-hybridized carbons (Fsp3) is 0. The molecule has 0 atom stereocenters. The molecule has 1 aromatic carbocycles. The van der Waals surface area contributed by atoms with Crippen molar-refractivity contribution in [3.63, 3.8) is 0 Å². The van der Waals surface area contributed by atoms with Gasteiger partial charge in [0.1, 0.15) is 21.7 Å². The number of benzene rings is 1. The highest BCUT2D eigenvalue weighted by atomic mass is 35.5. The van der Waals surface area contributed by atoms with Gasteiger partial charge in [0.2, 0.25) is 0 Å². The van der Waals surface area contributed by atoms with Gasteiger partial charge in [-0.2, -0.15) is 0 Å². The first-order chi connectivity index (χ1) is 11.2. The molecule has 1 heterocycles. The van der Waals surface area contributed by atoms with Crippen molar-refractivity contribution in [1.82, 2.24) is 4.98 Å². The van der Waals surface area contributed by atoms with E-state index in [4.69, 9.17) is 28.9 Å². The number of hydrogen-bond donors (Lipinski definition) is 2. The number of aromatic nitrogens is 1. The molecule has 126 valence electrons. The zero-order chi connectivity index (χ0) is 18.0. The number of carbonyl (C=O) groups is 1. The monoisotopic (exact) mass is 379 g/mol. The van der Waals surface area contributed by atoms with Crippen LogP contribution in [0.25, 0.3) is 0 Å². The highest BCUT2D eigenvalue weighted by Gasteiger charge is 2.23. The summed E-state index contributed by atoms with van der Waals surface area (Å²) in [6, 6.07) is 2.61. The highest BCUT2D eigenvalue weighted by Crippen LogP contribution is 2.29. The quantitative estimate of drug-likeness (QED) is 0.158. The molecule has 0 bridgehead atoms. The third-order valence-electron chi connectivity index (χ3n) is 2.84. The van der Waals surface area contributed by atoms with Crippen molar-refractivity contribution in [1.29, 1.82) is 0 Å². The van der Waals surface area contributed by atoms with Gasteiger partial charge in [0.25, 0.3) is 0 Å². The molecule has 0 aliphatic heterocycles. The highest BCUT2D eigenvalue weighted by molar-refractivity contribution is 6.35. The van der Waals surface area contributed by atoms with Crippen molar-refractivity contribution in [3.05, 3.63) is 63.5 Å². The van der Waals surface area contributed by atoms with Gasteiger partial charge >= 0.3 is 0 Å². The zero-order valence-electron chi connectivity index (χ0n) is 11.5. The van der Waals surface area contributed by atoms with Crippen LogP contribution in [-0.2, 0) is 0 Å². The lowest BCUT2D eigenvalue weighted by Gasteiger charge is -2.09. The average molecular weight is 380 g/mol. The van der Waals surface area contributed by atoms with Crippen LogP contribution in [0.2, 0.25) is 10.3 Å². The minimum Gasteiger partial charge on any atom is -0.394 e. The van der Waals surface area contributed by atoms with Gasteiger partial charge < -0.3 is 11.1 Å². The van der Waals surface area contributed by atoms with E-state index in [2.05, 4.69) is 4.98 Å². The van der Waals surface area contributed by atoms with Crippen LogP contribution in [0.4, 0.5) is 28.9 Å². The molecule has 3 N–H and O–H groups in total. The Kier molecular flexibility index (Phi) is 5.30. The number of pyridine rings is 1. The molecule has 0 saturated heterocycles. The molecule has 4 nitrogen and oxygen atoms in total. The Balaban J connectivity index is 2.25. The first-order valence-electron chi connectivity index (χ1n) is 6.15. The van der Waals surface area contributed by atoms with E-state index < -0.39 is 40.4 Å². The Morgan fingerprint density at radius 3 is 2.38 bits per heavy atom. The number of rotatable bonds is 4. The number of nitrogens with two attached hydrogens (primary N) is 1. The maximum Gasteiger partial charge on any atom is 0.198 e. The lowest BCUT2D eigenvalue weighted by atomic mass is 10.2. The van der Waals surface area contributed by atoms with Crippen LogP contribution in [0.5, 0.6) is 0 Å². The molecule has 0 amide bonds. The molecule has 0 aliphatic carbocycles. The number of allylic oxidation sites excluding steroid dienone is 1. The largest absolute Gasteiger partial charge is 0.394 e. The van der Waals surface area contributed by atoms with E-state index >= 15 is 0 Å². The molecule has 0 spiro atoms. The average Bonchev–Trinajstić information content (AvgIpc) is 2.54. The van der Waals surface area contributed by atoms with Crippen LogP contribution in [0.15, 0.2) is 24.4 Å². The van der Waals surface area contributed by atoms with Gasteiger partial charge in [0.15, 0.2) is 29.1 Å². The van der Waals surface area contributed by atoms with Crippen molar-refractivity contribution >= 4 is 40.4 Å². The van der Waals surface area contributed by atoms with Crippen LogP contribution >= 0.6 is 23.2 Å². The summed E-state index contributed by atoms with van der Waals surface area (Å²) in [7, 11) is 0. The van der Waals surface area contributed by atoms with Crippen molar-refractivity contribution in [3.8, 4) is 0 Å². The Labute approximate surface area is 142 Å². The second-order valence-electron chi connectivity index (χ2n) is 4.36. The molecule has 0 radical (unpaired) electrons. The molecule has 0 saturated carbocycles. The van der Waals surface area contributed by atoms with E-state index in [-0.39, 0.29) is 15.9 Å². The predicted molar refractivity (Wildman–Crippen MR) is 82.0 cm³/mol. The smallest absolute Gasteiger partial charge is 0.198 e. The summed E-state index contributed by atoms with van der Waals surface area (Å²) in [5.74, 6) is -7.80. The molecule has 0 aliphatic rings.